The van der Waals surface area contributed by atoms with Crippen molar-refractivity contribution in [2.24, 2.45) is 0 Å². The van der Waals surface area contributed by atoms with Crippen LogP contribution in [0.15, 0.2) is 24.3 Å². The molecule has 0 saturated carbocycles. The van der Waals surface area contributed by atoms with Gasteiger partial charge in [-0.3, -0.25) is 9.69 Å². The van der Waals surface area contributed by atoms with Crippen molar-refractivity contribution in [1.82, 2.24) is 4.90 Å². The highest BCUT2D eigenvalue weighted by Gasteiger charge is 2.23. The molecule has 1 heterocycles. The van der Waals surface area contributed by atoms with E-state index in [9.17, 15) is 4.79 Å². The standard InChI is InChI=1S/C17H25NO2/c1-3-12-18-13-6-5-7-17(18)20-15-10-8-14(9-11-15)16(19)4-2/h8-11,17H,3-7,12-13H2,1-2H3. The molecule has 0 N–H and O–H groups in total. The third kappa shape index (κ3) is 3.83. The zero-order chi connectivity index (χ0) is 14.4. The zero-order valence-electron chi connectivity index (χ0n) is 12.6. The van der Waals surface area contributed by atoms with Gasteiger partial charge in [-0.2, -0.15) is 0 Å². The maximum Gasteiger partial charge on any atom is 0.162 e. The van der Waals surface area contributed by atoms with Gasteiger partial charge in [0, 0.05) is 25.1 Å². The van der Waals surface area contributed by atoms with Crippen LogP contribution in [0.1, 0.15) is 56.3 Å². The fraction of sp³-hybridized carbons (Fsp3) is 0.588. The molecule has 1 aliphatic rings. The molecule has 0 amide bonds. The maximum absolute atomic E-state index is 11.6. The van der Waals surface area contributed by atoms with Crippen molar-refractivity contribution in [1.29, 1.82) is 0 Å². The summed E-state index contributed by atoms with van der Waals surface area (Å²) >= 11 is 0. The predicted octanol–water partition coefficient (Wildman–Crippen LogP) is 3.88. The second kappa shape index (κ2) is 7.44. The van der Waals surface area contributed by atoms with Crippen molar-refractivity contribution >= 4 is 5.78 Å². The first-order valence-electron chi connectivity index (χ1n) is 7.78. The van der Waals surface area contributed by atoms with Gasteiger partial charge in [-0.15, -0.1) is 0 Å². The molecule has 0 aromatic heterocycles. The van der Waals surface area contributed by atoms with Crippen LogP contribution in [0.4, 0.5) is 0 Å². The minimum absolute atomic E-state index is 0.182. The van der Waals surface area contributed by atoms with E-state index >= 15 is 0 Å². The summed E-state index contributed by atoms with van der Waals surface area (Å²) in [5.41, 5.74) is 0.772. The number of ketones is 1. The van der Waals surface area contributed by atoms with Gasteiger partial charge < -0.3 is 4.74 Å². The van der Waals surface area contributed by atoms with E-state index in [1.165, 1.54) is 12.8 Å². The van der Waals surface area contributed by atoms with Crippen molar-refractivity contribution in [2.75, 3.05) is 13.1 Å². The number of rotatable bonds is 6. The molecule has 20 heavy (non-hydrogen) atoms. The van der Waals surface area contributed by atoms with Crippen LogP contribution in [0.2, 0.25) is 0 Å². The van der Waals surface area contributed by atoms with Crippen molar-refractivity contribution in [3.63, 3.8) is 0 Å². The van der Waals surface area contributed by atoms with Gasteiger partial charge >= 0.3 is 0 Å². The molecule has 3 heteroatoms. The van der Waals surface area contributed by atoms with E-state index in [4.69, 9.17) is 4.74 Å². The third-order valence-electron chi connectivity index (χ3n) is 3.83. The van der Waals surface area contributed by atoms with Gasteiger partial charge in [0.2, 0.25) is 0 Å². The lowest BCUT2D eigenvalue weighted by molar-refractivity contribution is -0.00362. The average Bonchev–Trinajstić information content (AvgIpc) is 2.49. The largest absolute Gasteiger partial charge is 0.475 e. The molecule has 1 aromatic carbocycles. The van der Waals surface area contributed by atoms with Crippen molar-refractivity contribution < 1.29 is 9.53 Å². The molecule has 1 aliphatic heterocycles. The molecule has 1 fully saturated rings. The summed E-state index contributed by atoms with van der Waals surface area (Å²) in [6, 6.07) is 7.57. The Balaban J connectivity index is 1.99. The second-order valence-corrected chi connectivity index (χ2v) is 5.41. The number of ether oxygens (including phenoxy) is 1. The normalized spacial score (nSPS) is 19.8. The molecule has 0 bridgehead atoms. The zero-order valence-corrected chi connectivity index (χ0v) is 12.6. The topological polar surface area (TPSA) is 29.5 Å². The summed E-state index contributed by atoms with van der Waals surface area (Å²) in [7, 11) is 0. The highest BCUT2D eigenvalue weighted by molar-refractivity contribution is 5.95. The Morgan fingerprint density at radius 3 is 2.65 bits per heavy atom. The van der Waals surface area contributed by atoms with E-state index in [0.29, 0.717) is 6.42 Å². The molecule has 1 aromatic rings. The Labute approximate surface area is 121 Å². The molecular weight excluding hydrogens is 250 g/mol. The minimum Gasteiger partial charge on any atom is -0.475 e. The van der Waals surface area contributed by atoms with Crippen LogP contribution in [0.3, 0.4) is 0 Å². The Morgan fingerprint density at radius 1 is 1.25 bits per heavy atom. The number of hydrogen-bond donors (Lipinski definition) is 0. The summed E-state index contributed by atoms with van der Waals surface area (Å²) < 4.78 is 6.10. The average molecular weight is 275 g/mol. The lowest BCUT2D eigenvalue weighted by Crippen LogP contribution is -2.43. The molecule has 3 nitrogen and oxygen atoms in total. The van der Waals surface area contributed by atoms with Crippen LogP contribution in [0.5, 0.6) is 5.75 Å². The Morgan fingerprint density at radius 2 is 2.00 bits per heavy atom. The fourth-order valence-electron chi connectivity index (χ4n) is 2.72. The monoisotopic (exact) mass is 275 g/mol. The van der Waals surface area contributed by atoms with E-state index in [1.54, 1.807) is 0 Å². The fourth-order valence-corrected chi connectivity index (χ4v) is 2.72. The molecule has 1 atom stereocenters. The first-order valence-corrected chi connectivity index (χ1v) is 7.78. The quantitative estimate of drug-likeness (QED) is 0.738. The summed E-state index contributed by atoms with van der Waals surface area (Å²) in [4.78, 5) is 14.0. The molecule has 1 saturated heterocycles. The molecule has 0 spiro atoms. The van der Waals surface area contributed by atoms with Gasteiger partial charge in [0.05, 0.1) is 0 Å². The molecule has 1 unspecified atom stereocenters. The highest BCUT2D eigenvalue weighted by Crippen LogP contribution is 2.22. The molecule has 0 radical (unpaired) electrons. The van der Waals surface area contributed by atoms with Crippen LogP contribution in [-0.2, 0) is 0 Å². The van der Waals surface area contributed by atoms with E-state index in [1.807, 2.05) is 31.2 Å². The lowest BCUT2D eigenvalue weighted by Gasteiger charge is -2.35. The second-order valence-electron chi connectivity index (χ2n) is 5.41. The van der Waals surface area contributed by atoms with Crippen LogP contribution in [0, 0.1) is 0 Å². The number of hydrogen-bond acceptors (Lipinski definition) is 3. The summed E-state index contributed by atoms with van der Waals surface area (Å²) in [6.07, 6.45) is 5.49. The van der Waals surface area contributed by atoms with Gasteiger partial charge in [0.25, 0.3) is 0 Å². The van der Waals surface area contributed by atoms with Crippen LogP contribution in [0.25, 0.3) is 0 Å². The van der Waals surface area contributed by atoms with E-state index in [2.05, 4.69) is 11.8 Å². The Kier molecular flexibility index (Phi) is 5.60. The van der Waals surface area contributed by atoms with Crippen molar-refractivity contribution in [2.45, 2.75) is 52.2 Å². The maximum atomic E-state index is 11.6. The summed E-state index contributed by atoms with van der Waals surface area (Å²) in [5, 5.41) is 0. The van der Waals surface area contributed by atoms with Crippen LogP contribution in [-0.4, -0.2) is 30.0 Å². The Hall–Kier alpha value is -1.35. The number of piperidine rings is 1. The van der Waals surface area contributed by atoms with Crippen molar-refractivity contribution in [3.8, 4) is 5.75 Å². The van der Waals surface area contributed by atoms with Crippen molar-refractivity contribution in [3.05, 3.63) is 29.8 Å². The summed E-state index contributed by atoms with van der Waals surface area (Å²) in [6.45, 7) is 6.32. The first kappa shape index (κ1) is 15.0. The number of carbonyl (C=O) groups excluding carboxylic acids is 1. The molecule has 2 rings (SSSR count). The molecule has 110 valence electrons. The number of carbonyl (C=O) groups is 1. The third-order valence-corrected chi connectivity index (χ3v) is 3.83. The number of Topliss-reactive ketones (excluding diaryl/α,β-unsaturated/α-hetero) is 1. The number of likely N-dealkylation sites (tertiary alicyclic amines) is 1. The smallest absolute Gasteiger partial charge is 0.162 e. The minimum atomic E-state index is 0.182. The first-order chi connectivity index (χ1) is 9.74. The number of benzene rings is 1. The van der Waals surface area contributed by atoms with Gasteiger partial charge in [0.15, 0.2) is 12.0 Å². The highest BCUT2D eigenvalue weighted by atomic mass is 16.5. The van der Waals surface area contributed by atoms with Gasteiger partial charge in [-0.25, -0.2) is 0 Å². The van der Waals surface area contributed by atoms with Gasteiger partial charge in [-0.1, -0.05) is 13.8 Å². The van der Waals surface area contributed by atoms with Gasteiger partial charge in [0.1, 0.15) is 5.75 Å². The van der Waals surface area contributed by atoms with E-state index < -0.39 is 0 Å². The SMILES string of the molecule is CCCN1CCCCC1Oc1ccc(C(=O)CC)cc1. The Bertz CT molecular complexity index is 425. The van der Waals surface area contributed by atoms with E-state index in [0.717, 1.165) is 37.2 Å². The predicted molar refractivity (Wildman–Crippen MR) is 81.2 cm³/mol. The summed E-state index contributed by atoms with van der Waals surface area (Å²) in [5.74, 6) is 1.05. The number of nitrogens with zero attached hydrogens (tertiary/aromatic N) is 1. The van der Waals surface area contributed by atoms with Crippen LogP contribution < -0.4 is 4.74 Å². The molecular formula is C17H25NO2. The van der Waals surface area contributed by atoms with Crippen LogP contribution >= 0.6 is 0 Å². The lowest BCUT2D eigenvalue weighted by atomic mass is 10.1. The molecule has 0 aliphatic carbocycles. The van der Waals surface area contributed by atoms with Gasteiger partial charge in [-0.05, 0) is 49.9 Å². The van der Waals surface area contributed by atoms with E-state index in [-0.39, 0.29) is 12.0 Å².